The zero-order valence-corrected chi connectivity index (χ0v) is 11.3. The molecule has 0 bridgehead atoms. The normalized spacial score (nSPS) is 11.2. The van der Waals surface area contributed by atoms with Crippen LogP contribution in [-0.4, -0.2) is 37.7 Å². The molecule has 100 valence electrons. The van der Waals surface area contributed by atoms with Gasteiger partial charge in [-0.15, -0.1) is 11.3 Å². The van der Waals surface area contributed by atoms with E-state index in [0.717, 1.165) is 11.3 Å². The van der Waals surface area contributed by atoms with Gasteiger partial charge in [0.15, 0.2) is 9.84 Å². The molecule has 1 amide bonds. The molecule has 1 aromatic rings. The number of nitrogens with one attached hydrogen (secondary N) is 1. The number of sulfone groups is 1. The summed E-state index contributed by atoms with van der Waals surface area (Å²) in [4.78, 5) is 22.3. The second-order valence-electron chi connectivity index (χ2n) is 3.56. The van der Waals surface area contributed by atoms with Crippen molar-refractivity contribution in [3.63, 3.8) is 0 Å². The molecule has 0 atom stereocenters. The standard InChI is InChI=1S/C10H13NO5S2/c1-2-11-9(12)6-18(15,16)5-7-3-4-8(17-7)10(13)14/h3-4H,2,5-6H2,1H3,(H,11,12)(H,13,14). The molecule has 0 saturated carbocycles. The summed E-state index contributed by atoms with van der Waals surface area (Å²) in [6.07, 6.45) is 0. The molecule has 0 aliphatic rings. The monoisotopic (exact) mass is 291 g/mol. The van der Waals surface area contributed by atoms with Crippen LogP contribution in [0, 0.1) is 0 Å². The number of carboxylic acids is 1. The molecule has 0 fully saturated rings. The summed E-state index contributed by atoms with van der Waals surface area (Å²) in [6, 6.07) is 2.80. The molecule has 1 aromatic heterocycles. The predicted octanol–water partition coefficient (Wildman–Crippen LogP) is 0.497. The SMILES string of the molecule is CCNC(=O)CS(=O)(=O)Cc1ccc(C(=O)O)s1. The highest BCUT2D eigenvalue weighted by molar-refractivity contribution is 7.91. The summed E-state index contributed by atoms with van der Waals surface area (Å²) in [5, 5.41) is 11.1. The summed E-state index contributed by atoms with van der Waals surface area (Å²) in [5.74, 6) is -2.54. The van der Waals surface area contributed by atoms with Crippen LogP contribution in [0.15, 0.2) is 12.1 Å². The van der Waals surface area contributed by atoms with Crippen LogP contribution in [0.1, 0.15) is 21.5 Å². The van der Waals surface area contributed by atoms with Crippen LogP contribution in [0.25, 0.3) is 0 Å². The molecular weight excluding hydrogens is 278 g/mol. The first-order chi connectivity index (χ1) is 8.34. The largest absolute Gasteiger partial charge is 0.477 e. The lowest BCUT2D eigenvalue weighted by Gasteiger charge is -2.03. The molecule has 1 heterocycles. The number of carbonyl (C=O) groups excluding carboxylic acids is 1. The highest BCUT2D eigenvalue weighted by atomic mass is 32.2. The molecule has 0 unspecified atom stereocenters. The fraction of sp³-hybridized carbons (Fsp3) is 0.400. The van der Waals surface area contributed by atoms with E-state index >= 15 is 0 Å². The van der Waals surface area contributed by atoms with Crippen molar-refractivity contribution < 1.29 is 23.1 Å². The Morgan fingerprint density at radius 1 is 1.39 bits per heavy atom. The molecule has 0 saturated heterocycles. The second-order valence-corrected chi connectivity index (χ2v) is 6.79. The molecule has 0 aliphatic heterocycles. The smallest absolute Gasteiger partial charge is 0.345 e. The van der Waals surface area contributed by atoms with Gasteiger partial charge in [0.2, 0.25) is 5.91 Å². The van der Waals surface area contributed by atoms with E-state index in [0.29, 0.717) is 11.4 Å². The molecule has 18 heavy (non-hydrogen) atoms. The molecule has 6 nitrogen and oxygen atoms in total. The van der Waals surface area contributed by atoms with Gasteiger partial charge in [0, 0.05) is 11.4 Å². The number of amides is 1. The minimum atomic E-state index is -3.56. The predicted molar refractivity (Wildman–Crippen MR) is 67.5 cm³/mol. The van der Waals surface area contributed by atoms with Gasteiger partial charge in [-0.3, -0.25) is 4.79 Å². The van der Waals surface area contributed by atoms with Crippen LogP contribution in [0.4, 0.5) is 0 Å². The zero-order chi connectivity index (χ0) is 13.8. The quantitative estimate of drug-likeness (QED) is 0.794. The summed E-state index contributed by atoms with van der Waals surface area (Å²) >= 11 is 0.898. The Kier molecular flexibility index (Phi) is 4.85. The number of rotatable bonds is 6. The Hall–Kier alpha value is -1.41. The number of carbonyl (C=O) groups is 2. The van der Waals surface area contributed by atoms with E-state index in [2.05, 4.69) is 5.32 Å². The van der Waals surface area contributed by atoms with Crippen LogP contribution < -0.4 is 5.32 Å². The van der Waals surface area contributed by atoms with Crippen LogP contribution in [0.3, 0.4) is 0 Å². The van der Waals surface area contributed by atoms with Gasteiger partial charge in [-0.25, -0.2) is 13.2 Å². The second kappa shape index (κ2) is 5.96. The lowest BCUT2D eigenvalue weighted by molar-refractivity contribution is -0.118. The van der Waals surface area contributed by atoms with Crippen LogP contribution in [0.2, 0.25) is 0 Å². The summed E-state index contributed by atoms with van der Waals surface area (Å²) in [6.45, 7) is 2.07. The molecule has 0 aromatic carbocycles. The fourth-order valence-corrected chi connectivity index (χ4v) is 3.84. The van der Waals surface area contributed by atoms with E-state index < -0.39 is 27.5 Å². The number of aromatic carboxylic acids is 1. The lowest BCUT2D eigenvalue weighted by Crippen LogP contribution is -2.30. The number of hydrogen-bond donors (Lipinski definition) is 2. The van der Waals surface area contributed by atoms with Gasteiger partial charge in [0.25, 0.3) is 0 Å². The van der Waals surface area contributed by atoms with Crippen molar-refractivity contribution in [3.8, 4) is 0 Å². The van der Waals surface area contributed by atoms with Crippen LogP contribution in [-0.2, 0) is 20.4 Å². The first kappa shape index (κ1) is 14.7. The fourth-order valence-electron chi connectivity index (χ4n) is 1.29. The van der Waals surface area contributed by atoms with Gasteiger partial charge < -0.3 is 10.4 Å². The van der Waals surface area contributed by atoms with Crippen molar-refractivity contribution in [1.29, 1.82) is 0 Å². The molecule has 1 rings (SSSR count). The van der Waals surface area contributed by atoms with E-state index in [9.17, 15) is 18.0 Å². The molecule has 2 N–H and O–H groups in total. The third-order valence-electron chi connectivity index (χ3n) is 1.96. The van der Waals surface area contributed by atoms with Gasteiger partial charge in [-0.1, -0.05) is 0 Å². The van der Waals surface area contributed by atoms with Crippen molar-refractivity contribution in [2.45, 2.75) is 12.7 Å². The van der Waals surface area contributed by atoms with Crippen molar-refractivity contribution >= 4 is 33.1 Å². The van der Waals surface area contributed by atoms with Gasteiger partial charge in [-0.2, -0.15) is 0 Å². The summed E-state index contributed by atoms with van der Waals surface area (Å²) in [5.41, 5.74) is 0. The van der Waals surface area contributed by atoms with Gasteiger partial charge in [0.1, 0.15) is 10.6 Å². The van der Waals surface area contributed by atoms with Crippen molar-refractivity contribution in [2.24, 2.45) is 0 Å². The topological polar surface area (TPSA) is 101 Å². The minimum absolute atomic E-state index is 0.0817. The van der Waals surface area contributed by atoms with Crippen LogP contribution in [0.5, 0.6) is 0 Å². The van der Waals surface area contributed by atoms with E-state index in [1.807, 2.05) is 0 Å². The van der Waals surface area contributed by atoms with Crippen molar-refractivity contribution in [2.75, 3.05) is 12.3 Å². The maximum Gasteiger partial charge on any atom is 0.345 e. The zero-order valence-electron chi connectivity index (χ0n) is 9.67. The lowest BCUT2D eigenvalue weighted by atomic mass is 10.4. The van der Waals surface area contributed by atoms with E-state index in [4.69, 9.17) is 5.11 Å². The summed E-state index contributed by atoms with van der Waals surface area (Å²) < 4.78 is 23.3. The third kappa shape index (κ3) is 4.46. The maximum absolute atomic E-state index is 11.7. The van der Waals surface area contributed by atoms with Gasteiger partial charge >= 0.3 is 5.97 Å². The average Bonchev–Trinajstić information content (AvgIpc) is 2.64. The highest BCUT2D eigenvalue weighted by Crippen LogP contribution is 2.19. The molecular formula is C10H13NO5S2. The van der Waals surface area contributed by atoms with Crippen molar-refractivity contribution in [3.05, 3.63) is 21.9 Å². The van der Waals surface area contributed by atoms with Crippen molar-refractivity contribution in [1.82, 2.24) is 5.32 Å². The Labute approximate surface area is 109 Å². The Morgan fingerprint density at radius 3 is 2.56 bits per heavy atom. The first-order valence-corrected chi connectivity index (χ1v) is 7.77. The summed E-state index contributed by atoms with van der Waals surface area (Å²) in [7, 11) is -3.56. The Balaban J connectivity index is 2.70. The Morgan fingerprint density at radius 2 is 2.06 bits per heavy atom. The first-order valence-electron chi connectivity index (χ1n) is 5.13. The number of hydrogen-bond acceptors (Lipinski definition) is 5. The maximum atomic E-state index is 11.7. The Bertz CT molecular complexity index is 546. The van der Waals surface area contributed by atoms with E-state index in [-0.39, 0.29) is 10.6 Å². The average molecular weight is 291 g/mol. The highest BCUT2D eigenvalue weighted by Gasteiger charge is 2.18. The third-order valence-corrected chi connectivity index (χ3v) is 4.67. The minimum Gasteiger partial charge on any atom is -0.477 e. The molecule has 0 spiro atoms. The molecule has 0 radical (unpaired) electrons. The van der Waals surface area contributed by atoms with Gasteiger partial charge in [0.05, 0.1) is 5.75 Å². The van der Waals surface area contributed by atoms with E-state index in [1.165, 1.54) is 12.1 Å². The van der Waals surface area contributed by atoms with E-state index in [1.54, 1.807) is 6.92 Å². The van der Waals surface area contributed by atoms with Gasteiger partial charge in [-0.05, 0) is 19.1 Å². The molecule has 0 aliphatic carbocycles. The number of thiophene rings is 1. The molecule has 8 heteroatoms. The number of carboxylic acid groups (broad SMARTS) is 1. The van der Waals surface area contributed by atoms with Crippen LogP contribution >= 0.6 is 11.3 Å².